The predicted octanol–water partition coefficient (Wildman–Crippen LogP) is 3.80. The lowest BCUT2D eigenvalue weighted by atomic mass is 9.97. The summed E-state index contributed by atoms with van der Waals surface area (Å²) in [6.07, 6.45) is -0.428. The van der Waals surface area contributed by atoms with E-state index in [-0.39, 0.29) is 5.92 Å². The third-order valence-corrected chi connectivity index (χ3v) is 3.77. The first kappa shape index (κ1) is 14.6. The van der Waals surface area contributed by atoms with Crippen LogP contribution >= 0.6 is 0 Å². The SMILES string of the molecule is Cc1ccccc1N(C)CC(C)C(O)c1ccccc1. The van der Waals surface area contributed by atoms with Gasteiger partial charge in [0.2, 0.25) is 0 Å². The summed E-state index contributed by atoms with van der Waals surface area (Å²) < 4.78 is 0. The summed E-state index contributed by atoms with van der Waals surface area (Å²) >= 11 is 0. The van der Waals surface area contributed by atoms with Gasteiger partial charge in [0.1, 0.15) is 0 Å². The van der Waals surface area contributed by atoms with E-state index in [0.29, 0.717) is 0 Å². The van der Waals surface area contributed by atoms with Crippen molar-refractivity contribution < 1.29 is 5.11 Å². The summed E-state index contributed by atoms with van der Waals surface area (Å²) in [5, 5.41) is 10.4. The van der Waals surface area contributed by atoms with Crippen molar-refractivity contribution in [1.29, 1.82) is 0 Å². The molecule has 0 fully saturated rings. The number of aryl methyl sites for hydroxylation is 1. The van der Waals surface area contributed by atoms with Gasteiger partial charge in [0.25, 0.3) is 0 Å². The molecule has 0 saturated heterocycles. The van der Waals surface area contributed by atoms with Crippen molar-refractivity contribution in [2.75, 3.05) is 18.5 Å². The van der Waals surface area contributed by atoms with Crippen LogP contribution in [-0.4, -0.2) is 18.7 Å². The van der Waals surface area contributed by atoms with Gasteiger partial charge in [0.05, 0.1) is 6.10 Å². The van der Waals surface area contributed by atoms with Gasteiger partial charge < -0.3 is 10.0 Å². The van der Waals surface area contributed by atoms with Crippen LogP contribution in [0.15, 0.2) is 54.6 Å². The molecule has 0 amide bonds. The van der Waals surface area contributed by atoms with Gasteiger partial charge in [-0.3, -0.25) is 0 Å². The maximum absolute atomic E-state index is 10.4. The van der Waals surface area contributed by atoms with E-state index >= 15 is 0 Å². The average molecular weight is 269 g/mol. The monoisotopic (exact) mass is 269 g/mol. The topological polar surface area (TPSA) is 23.5 Å². The Labute approximate surface area is 121 Å². The number of rotatable bonds is 5. The first-order valence-electron chi connectivity index (χ1n) is 7.09. The van der Waals surface area contributed by atoms with Gasteiger partial charge >= 0.3 is 0 Å². The Bertz CT molecular complexity index is 538. The summed E-state index contributed by atoms with van der Waals surface area (Å²) in [6.45, 7) is 5.03. The molecular weight excluding hydrogens is 246 g/mol. The zero-order valence-electron chi connectivity index (χ0n) is 12.5. The van der Waals surface area contributed by atoms with Crippen LogP contribution in [0.2, 0.25) is 0 Å². The highest BCUT2D eigenvalue weighted by Gasteiger charge is 2.18. The van der Waals surface area contributed by atoms with Gasteiger partial charge in [0.15, 0.2) is 0 Å². The molecule has 2 aromatic rings. The second-order valence-corrected chi connectivity index (χ2v) is 5.50. The quantitative estimate of drug-likeness (QED) is 0.892. The third kappa shape index (κ3) is 3.40. The third-order valence-electron chi connectivity index (χ3n) is 3.77. The van der Waals surface area contributed by atoms with E-state index in [1.54, 1.807) is 0 Å². The molecule has 0 spiro atoms. The van der Waals surface area contributed by atoms with Gasteiger partial charge in [-0.2, -0.15) is 0 Å². The molecule has 0 bridgehead atoms. The van der Waals surface area contributed by atoms with E-state index in [1.165, 1.54) is 11.3 Å². The largest absolute Gasteiger partial charge is 0.388 e. The van der Waals surface area contributed by atoms with Crippen LogP contribution in [0.4, 0.5) is 5.69 Å². The highest BCUT2D eigenvalue weighted by Crippen LogP contribution is 2.25. The molecule has 2 heteroatoms. The minimum Gasteiger partial charge on any atom is -0.388 e. The number of benzene rings is 2. The Morgan fingerprint density at radius 2 is 1.60 bits per heavy atom. The van der Waals surface area contributed by atoms with Crippen molar-refractivity contribution in [1.82, 2.24) is 0 Å². The highest BCUT2D eigenvalue weighted by molar-refractivity contribution is 5.52. The van der Waals surface area contributed by atoms with E-state index in [0.717, 1.165) is 12.1 Å². The predicted molar refractivity (Wildman–Crippen MR) is 85.0 cm³/mol. The highest BCUT2D eigenvalue weighted by atomic mass is 16.3. The molecule has 2 unspecified atom stereocenters. The molecule has 2 aromatic carbocycles. The van der Waals surface area contributed by atoms with Crippen LogP contribution in [0.1, 0.15) is 24.2 Å². The molecule has 2 nitrogen and oxygen atoms in total. The molecule has 0 aliphatic carbocycles. The Balaban J connectivity index is 2.04. The second kappa shape index (κ2) is 6.58. The molecule has 2 atom stereocenters. The maximum atomic E-state index is 10.4. The Kier molecular flexibility index (Phi) is 4.80. The average Bonchev–Trinajstić information content (AvgIpc) is 2.47. The fourth-order valence-electron chi connectivity index (χ4n) is 2.60. The van der Waals surface area contributed by atoms with Crippen LogP contribution in [0, 0.1) is 12.8 Å². The van der Waals surface area contributed by atoms with E-state index in [9.17, 15) is 5.11 Å². The normalized spacial score (nSPS) is 13.8. The Morgan fingerprint density at radius 1 is 1.00 bits per heavy atom. The van der Waals surface area contributed by atoms with E-state index in [1.807, 2.05) is 30.3 Å². The summed E-state index contributed by atoms with van der Waals surface area (Å²) in [6, 6.07) is 18.2. The van der Waals surface area contributed by atoms with Crippen molar-refractivity contribution in [3.63, 3.8) is 0 Å². The van der Waals surface area contributed by atoms with Crippen LogP contribution in [-0.2, 0) is 0 Å². The van der Waals surface area contributed by atoms with Crippen LogP contribution in [0.3, 0.4) is 0 Å². The van der Waals surface area contributed by atoms with Crippen molar-refractivity contribution in [2.45, 2.75) is 20.0 Å². The van der Waals surface area contributed by atoms with Gasteiger partial charge in [-0.25, -0.2) is 0 Å². The lowest BCUT2D eigenvalue weighted by Crippen LogP contribution is -2.28. The fourth-order valence-corrected chi connectivity index (χ4v) is 2.60. The molecule has 0 aliphatic heterocycles. The summed E-state index contributed by atoms with van der Waals surface area (Å²) in [7, 11) is 2.08. The molecule has 20 heavy (non-hydrogen) atoms. The number of aliphatic hydroxyl groups is 1. The zero-order valence-corrected chi connectivity index (χ0v) is 12.5. The zero-order chi connectivity index (χ0) is 14.5. The van der Waals surface area contributed by atoms with E-state index in [2.05, 4.69) is 50.1 Å². The van der Waals surface area contributed by atoms with Gasteiger partial charge in [-0.05, 0) is 24.1 Å². The number of hydrogen-bond acceptors (Lipinski definition) is 2. The number of aliphatic hydroxyl groups excluding tert-OH is 1. The van der Waals surface area contributed by atoms with Crippen LogP contribution in [0.25, 0.3) is 0 Å². The Hall–Kier alpha value is -1.80. The lowest BCUT2D eigenvalue weighted by molar-refractivity contribution is 0.121. The number of hydrogen-bond donors (Lipinski definition) is 1. The summed E-state index contributed by atoms with van der Waals surface area (Å²) in [5.74, 6) is 0.169. The van der Waals surface area contributed by atoms with Gasteiger partial charge in [-0.1, -0.05) is 55.5 Å². The van der Waals surface area contributed by atoms with Crippen molar-refractivity contribution in [3.05, 3.63) is 65.7 Å². The van der Waals surface area contributed by atoms with Crippen LogP contribution in [0.5, 0.6) is 0 Å². The molecule has 0 aromatic heterocycles. The summed E-state index contributed by atoms with van der Waals surface area (Å²) in [5.41, 5.74) is 3.47. The number of nitrogens with zero attached hydrogens (tertiary/aromatic N) is 1. The summed E-state index contributed by atoms with van der Waals surface area (Å²) in [4.78, 5) is 2.21. The van der Waals surface area contributed by atoms with Gasteiger partial charge in [0, 0.05) is 25.2 Å². The van der Waals surface area contributed by atoms with Crippen molar-refractivity contribution >= 4 is 5.69 Å². The molecule has 0 aliphatic rings. The molecular formula is C18H23NO. The van der Waals surface area contributed by atoms with Crippen molar-refractivity contribution in [2.24, 2.45) is 5.92 Å². The first-order valence-corrected chi connectivity index (χ1v) is 7.09. The standard InChI is InChI=1S/C18H23NO/c1-14-9-7-8-12-17(14)19(3)13-15(2)18(20)16-10-5-4-6-11-16/h4-12,15,18,20H,13H2,1-3H3. The molecule has 0 heterocycles. The Morgan fingerprint density at radius 3 is 2.25 bits per heavy atom. The minimum absolute atomic E-state index is 0.169. The molecule has 1 N–H and O–H groups in total. The molecule has 2 rings (SSSR count). The lowest BCUT2D eigenvalue weighted by Gasteiger charge is -2.28. The minimum atomic E-state index is -0.428. The molecule has 0 radical (unpaired) electrons. The van der Waals surface area contributed by atoms with Crippen LogP contribution < -0.4 is 4.90 Å². The molecule has 106 valence electrons. The smallest absolute Gasteiger partial charge is 0.0832 e. The van der Waals surface area contributed by atoms with E-state index in [4.69, 9.17) is 0 Å². The number of para-hydroxylation sites is 1. The molecule has 0 saturated carbocycles. The maximum Gasteiger partial charge on any atom is 0.0832 e. The second-order valence-electron chi connectivity index (χ2n) is 5.50. The fraction of sp³-hybridized carbons (Fsp3) is 0.333. The van der Waals surface area contributed by atoms with E-state index < -0.39 is 6.10 Å². The first-order chi connectivity index (χ1) is 9.59. The number of anilines is 1. The van der Waals surface area contributed by atoms with Gasteiger partial charge in [-0.15, -0.1) is 0 Å². The van der Waals surface area contributed by atoms with Crippen molar-refractivity contribution in [3.8, 4) is 0 Å².